The van der Waals surface area contributed by atoms with Gasteiger partial charge in [0.05, 0.1) is 10.5 Å². The number of nitrogens with zero attached hydrogens (tertiary/aromatic N) is 1. The second kappa shape index (κ2) is 3.59. The van der Waals surface area contributed by atoms with Crippen LogP contribution in [0.4, 0.5) is 0 Å². The van der Waals surface area contributed by atoms with E-state index in [0.717, 1.165) is 16.9 Å². The van der Waals surface area contributed by atoms with Crippen LogP contribution in [0, 0.1) is 0 Å². The van der Waals surface area contributed by atoms with Gasteiger partial charge in [0.1, 0.15) is 17.4 Å². The minimum Gasteiger partial charge on any atom is -0.374 e. The fraction of sp³-hybridized carbons (Fsp3) is 0.300. The van der Waals surface area contributed by atoms with Crippen molar-refractivity contribution >= 4 is 22.6 Å². The van der Waals surface area contributed by atoms with Crippen LogP contribution in [-0.4, -0.2) is 17.1 Å². The molecule has 0 saturated heterocycles. The van der Waals surface area contributed by atoms with E-state index >= 15 is 0 Å². The van der Waals surface area contributed by atoms with Crippen molar-refractivity contribution in [2.24, 2.45) is 0 Å². The smallest absolute Gasteiger partial charge is 0.136 e. The normalized spacial score (nSPS) is 13.4. The summed E-state index contributed by atoms with van der Waals surface area (Å²) in [5.41, 5.74) is 1.74. The number of aromatic nitrogens is 2. The minimum atomic E-state index is -0.0431. The van der Waals surface area contributed by atoms with Gasteiger partial charge in [-0.3, -0.25) is 0 Å². The van der Waals surface area contributed by atoms with Crippen molar-refractivity contribution in [1.82, 2.24) is 9.97 Å². The van der Waals surface area contributed by atoms with Gasteiger partial charge in [0.25, 0.3) is 0 Å². The fourth-order valence-corrected chi connectivity index (χ4v) is 1.54. The third-order valence-corrected chi connectivity index (χ3v) is 2.53. The van der Waals surface area contributed by atoms with E-state index in [-0.39, 0.29) is 6.10 Å². The first kappa shape index (κ1) is 9.49. The van der Waals surface area contributed by atoms with Gasteiger partial charge >= 0.3 is 0 Å². The van der Waals surface area contributed by atoms with Crippen molar-refractivity contribution in [2.45, 2.75) is 13.0 Å². The molecular formula is C10H11ClN2O. The average molecular weight is 211 g/mol. The lowest BCUT2D eigenvalue weighted by molar-refractivity contribution is 0.113. The maximum Gasteiger partial charge on any atom is 0.136 e. The molecule has 0 bridgehead atoms. The second-order valence-electron chi connectivity index (χ2n) is 3.14. The zero-order chi connectivity index (χ0) is 10.1. The predicted molar refractivity (Wildman–Crippen MR) is 56.5 cm³/mol. The molecule has 0 amide bonds. The number of nitrogens with one attached hydrogen (secondary N) is 1. The van der Waals surface area contributed by atoms with Crippen molar-refractivity contribution in [1.29, 1.82) is 0 Å². The second-order valence-corrected chi connectivity index (χ2v) is 3.54. The molecular weight excluding hydrogens is 200 g/mol. The molecule has 1 aromatic heterocycles. The van der Waals surface area contributed by atoms with Gasteiger partial charge in [0.15, 0.2) is 0 Å². The highest BCUT2D eigenvalue weighted by atomic mass is 35.5. The van der Waals surface area contributed by atoms with Gasteiger partial charge < -0.3 is 9.72 Å². The number of hydrogen-bond acceptors (Lipinski definition) is 2. The van der Waals surface area contributed by atoms with E-state index in [2.05, 4.69) is 9.97 Å². The molecule has 0 spiro atoms. The molecule has 14 heavy (non-hydrogen) atoms. The molecule has 0 saturated carbocycles. The molecule has 2 rings (SSSR count). The Morgan fingerprint density at radius 2 is 2.29 bits per heavy atom. The van der Waals surface area contributed by atoms with Gasteiger partial charge in [0, 0.05) is 7.11 Å². The van der Waals surface area contributed by atoms with E-state index in [1.165, 1.54) is 0 Å². The van der Waals surface area contributed by atoms with Crippen molar-refractivity contribution in [3.63, 3.8) is 0 Å². The van der Waals surface area contributed by atoms with Gasteiger partial charge in [-0.15, -0.1) is 0 Å². The lowest BCUT2D eigenvalue weighted by atomic mass is 10.3. The molecule has 1 unspecified atom stereocenters. The number of hydrogen-bond donors (Lipinski definition) is 1. The number of methoxy groups -OCH3 is 1. The Morgan fingerprint density at radius 3 is 2.93 bits per heavy atom. The number of para-hydroxylation sites is 1. The van der Waals surface area contributed by atoms with E-state index < -0.39 is 0 Å². The Morgan fingerprint density at radius 1 is 1.50 bits per heavy atom. The maximum absolute atomic E-state index is 5.99. The van der Waals surface area contributed by atoms with E-state index in [0.29, 0.717) is 5.02 Å². The molecule has 0 aliphatic heterocycles. The maximum atomic E-state index is 5.99. The Kier molecular flexibility index (Phi) is 2.44. The Labute approximate surface area is 87.1 Å². The van der Waals surface area contributed by atoms with Crippen LogP contribution < -0.4 is 0 Å². The molecule has 1 N–H and O–H groups in total. The van der Waals surface area contributed by atoms with Crippen LogP contribution in [0.1, 0.15) is 18.9 Å². The van der Waals surface area contributed by atoms with E-state index in [1.54, 1.807) is 7.11 Å². The predicted octanol–water partition coefficient (Wildman–Crippen LogP) is 2.92. The third-order valence-electron chi connectivity index (χ3n) is 2.22. The van der Waals surface area contributed by atoms with Gasteiger partial charge in [-0.05, 0) is 19.1 Å². The molecule has 1 heterocycles. The summed E-state index contributed by atoms with van der Waals surface area (Å²) in [5, 5.41) is 0.660. The van der Waals surface area contributed by atoms with Crippen LogP contribution in [0.2, 0.25) is 5.02 Å². The molecule has 0 radical (unpaired) electrons. The van der Waals surface area contributed by atoms with Gasteiger partial charge in [-0.1, -0.05) is 17.7 Å². The summed E-state index contributed by atoms with van der Waals surface area (Å²) in [6.45, 7) is 1.94. The number of fused-ring (bicyclic) bond motifs is 1. The standard InChI is InChI=1S/C10H11ClN2O/c1-6(14-2)10-12-8-5-3-4-7(11)9(8)13-10/h3-6H,1-2H3,(H,12,13). The number of H-pyrrole nitrogens is 1. The number of aromatic amines is 1. The van der Waals surface area contributed by atoms with Crippen LogP contribution in [0.5, 0.6) is 0 Å². The molecule has 4 heteroatoms. The highest BCUT2D eigenvalue weighted by Crippen LogP contribution is 2.23. The number of ether oxygens (including phenoxy) is 1. The molecule has 3 nitrogen and oxygen atoms in total. The topological polar surface area (TPSA) is 37.9 Å². The summed E-state index contributed by atoms with van der Waals surface area (Å²) in [4.78, 5) is 7.54. The third kappa shape index (κ3) is 1.49. The zero-order valence-corrected chi connectivity index (χ0v) is 8.80. The first-order valence-corrected chi connectivity index (χ1v) is 4.77. The van der Waals surface area contributed by atoms with Gasteiger partial charge in [-0.2, -0.15) is 0 Å². The molecule has 74 valence electrons. The monoisotopic (exact) mass is 210 g/mol. The summed E-state index contributed by atoms with van der Waals surface area (Å²) in [6, 6.07) is 5.66. The first-order valence-electron chi connectivity index (χ1n) is 4.39. The highest BCUT2D eigenvalue weighted by Gasteiger charge is 2.10. The van der Waals surface area contributed by atoms with Crippen LogP contribution in [-0.2, 0) is 4.74 Å². The number of rotatable bonds is 2. The van der Waals surface area contributed by atoms with Crippen LogP contribution in [0.3, 0.4) is 0 Å². The molecule has 0 fully saturated rings. The summed E-state index contributed by atoms with van der Waals surface area (Å²) >= 11 is 5.99. The SMILES string of the molecule is COC(C)c1nc2c(Cl)cccc2[nH]1. The van der Waals surface area contributed by atoms with E-state index in [9.17, 15) is 0 Å². The quantitative estimate of drug-likeness (QED) is 0.828. The number of halogens is 1. The molecule has 0 aliphatic carbocycles. The van der Waals surface area contributed by atoms with Crippen LogP contribution in [0.15, 0.2) is 18.2 Å². The molecule has 2 aromatic rings. The average Bonchev–Trinajstić information content (AvgIpc) is 2.62. The molecule has 1 atom stereocenters. The summed E-state index contributed by atoms with van der Waals surface area (Å²) in [6.07, 6.45) is -0.0431. The van der Waals surface area contributed by atoms with Crippen molar-refractivity contribution in [3.05, 3.63) is 29.0 Å². The zero-order valence-electron chi connectivity index (χ0n) is 8.04. The van der Waals surface area contributed by atoms with Crippen molar-refractivity contribution < 1.29 is 4.74 Å². The van der Waals surface area contributed by atoms with Crippen LogP contribution >= 0.6 is 11.6 Å². The molecule has 1 aromatic carbocycles. The Balaban J connectivity index is 2.56. The summed E-state index contributed by atoms with van der Waals surface area (Å²) in [5.74, 6) is 0.801. The van der Waals surface area contributed by atoms with E-state index in [4.69, 9.17) is 16.3 Å². The summed E-state index contributed by atoms with van der Waals surface area (Å²) < 4.78 is 5.17. The lowest BCUT2D eigenvalue weighted by Gasteiger charge is -2.03. The lowest BCUT2D eigenvalue weighted by Crippen LogP contribution is -1.97. The van der Waals surface area contributed by atoms with Crippen molar-refractivity contribution in [2.75, 3.05) is 7.11 Å². The van der Waals surface area contributed by atoms with Gasteiger partial charge in [0.2, 0.25) is 0 Å². The first-order chi connectivity index (χ1) is 6.72. The number of benzene rings is 1. The molecule has 0 aliphatic rings. The summed E-state index contributed by atoms with van der Waals surface area (Å²) in [7, 11) is 1.65. The Bertz CT molecular complexity index is 452. The van der Waals surface area contributed by atoms with E-state index in [1.807, 2.05) is 25.1 Å². The Hall–Kier alpha value is -1.06. The largest absolute Gasteiger partial charge is 0.374 e. The van der Waals surface area contributed by atoms with Crippen molar-refractivity contribution in [3.8, 4) is 0 Å². The van der Waals surface area contributed by atoms with Crippen LogP contribution in [0.25, 0.3) is 11.0 Å². The highest BCUT2D eigenvalue weighted by molar-refractivity contribution is 6.34. The fourth-order valence-electron chi connectivity index (χ4n) is 1.32. The minimum absolute atomic E-state index is 0.0431. The number of imidazole rings is 1. The van der Waals surface area contributed by atoms with Gasteiger partial charge in [-0.25, -0.2) is 4.98 Å².